The van der Waals surface area contributed by atoms with Crippen LogP contribution in [0, 0.1) is 0 Å². The molecule has 0 bridgehead atoms. The van der Waals surface area contributed by atoms with Crippen LogP contribution >= 0.6 is 0 Å². The summed E-state index contributed by atoms with van der Waals surface area (Å²) in [5.74, 6) is -0.432. The number of rotatable bonds is 41. The van der Waals surface area contributed by atoms with E-state index in [1.54, 1.807) is 0 Å². The molecule has 0 amide bonds. The minimum absolute atomic E-state index is 0.0115. The summed E-state index contributed by atoms with van der Waals surface area (Å²) in [4.78, 5) is 12.9. The Morgan fingerprint density at radius 3 is 1.55 bits per heavy atom. The lowest BCUT2D eigenvalue weighted by Crippen LogP contribution is -2.60. The molecular weight excluding hydrogens is 849 g/mol. The van der Waals surface area contributed by atoms with E-state index in [-0.39, 0.29) is 19.6 Å². The number of ether oxygens (including phenoxy) is 4. The second-order valence-corrected chi connectivity index (χ2v) is 17.4. The van der Waals surface area contributed by atoms with Crippen LogP contribution in [0.4, 0.5) is 0 Å². The molecule has 1 rings (SSSR count). The molecule has 0 spiro atoms. The van der Waals surface area contributed by atoms with Gasteiger partial charge < -0.3 is 34.3 Å². The number of esters is 1. The van der Waals surface area contributed by atoms with Crippen molar-refractivity contribution < 1.29 is 56.2 Å². The molecule has 1 aliphatic rings. The number of hydrogen-bond acceptors (Lipinski definition) is 11. The lowest BCUT2D eigenvalue weighted by Gasteiger charge is -2.41. The van der Waals surface area contributed by atoms with Crippen molar-refractivity contribution >= 4 is 16.4 Å². The van der Waals surface area contributed by atoms with E-state index in [1.165, 1.54) is 25.7 Å². The highest BCUT2D eigenvalue weighted by molar-refractivity contribution is 7.80. The SMILES string of the molecule is CC/C=C\C/C=C\C/C=C\C/C=C\C/C=C\C/C=C\CCCCCCC(=O)OC(COCCCCCCCC/C=C\C/C=C\CCCC)COC1OC(CO)C(O)C(OS(=O)(=O)O)C1O. The van der Waals surface area contributed by atoms with Gasteiger partial charge in [0.2, 0.25) is 0 Å². The fourth-order valence-corrected chi connectivity index (χ4v) is 7.26. The second kappa shape index (κ2) is 42.4. The normalized spacial score (nSPS) is 20.5. The fraction of sp³-hybridized carbons (Fsp3) is 0.673. The summed E-state index contributed by atoms with van der Waals surface area (Å²) in [7, 11) is -5.07. The van der Waals surface area contributed by atoms with Gasteiger partial charge in [0.25, 0.3) is 0 Å². The van der Waals surface area contributed by atoms with Crippen LogP contribution < -0.4 is 0 Å². The summed E-state index contributed by atoms with van der Waals surface area (Å²) in [5, 5.41) is 30.7. The minimum Gasteiger partial charge on any atom is -0.457 e. The van der Waals surface area contributed by atoms with Crippen molar-refractivity contribution in [2.45, 2.75) is 198 Å². The number of carbonyl (C=O) groups is 1. The van der Waals surface area contributed by atoms with Crippen LogP contribution in [-0.2, 0) is 38.3 Å². The van der Waals surface area contributed by atoms with Gasteiger partial charge in [-0.05, 0) is 89.9 Å². The Morgan fingerprint density at radius 2 is 1.06 bits per heavy atom. The van der Waals surface area contributed by atoms with E-state index in [0.29, 0.717) is 13.0 Å². The van der Waals surface area contributed by atoms with E-state index in [0.717, 1.165) is 109 Å². The van der Waals surface area contributed by atoms with Crippen molar-refractivity contribution in [3.05, 3.63) is 97.2 Å². The summed E-state index contributed by atoms with van der Waals surface area (Å²) in [6, 6.07) is 0. The zero-order valence-corrected chi connectivity index (χ0v) is 40.6. The van der Waals surface area contributed by atoms with Crippen molar-refractivity contribution in [1.82, 2.24) is 0 Å². The molecule has 65 heavy (non-hydrogen) atoms. The third-order valence-corrected chi connectivity index (χ3v) is 10.9. The molecule has 0 aromatic heterocycles. The molecule has 6 unspecified atom stereocenters. The van der Waals surface area contributed by atoms with Gasteiger partial charge in [0.1, 0.15) is 30.5 Å². The zero-order valence-electron chi connectivity index (χ0n) is 39.8. The number of allylic oxidation sites excluding steroid dienone is 16. The van der Waals surface area contributed by atoms with Crippen molar-refractivity contribution in [2.24, 2.45) is 0 Å². The Morgan fingerprint density at radius 1 is 0.600 bits per heavy atom. The summed E-state index contributed by atoms with van der Waals surface area (Å²) in [6.45, 7) is 3.76. The van der Waals surface area contributed by atoms with Crippen LogP contribution in [0.1, 0.15) is 162 Å². The summed E-state index contributed by atoms with van der Waals surface area (Å²) >= 11 is 0. The van der Waals surface area contributed by atoms with Crippen LogP contribution in [-0.4, -0.2) is 97.5 Å². The lowest BCUT2D eigenvalue weighted by atomic mass is 9.99. The van der Waals surface area contributed by atoms with E-state index < -0.39 is 59.8 Å². The summed E-state index contributed by atoms with van der Waals surface area (Å²) < 4.78 is 59.1. The molecule has 0 radical (unpaired) electrons. The van der Waals surface area contributed by atoms with Crippen molar-refractivity contribution in [1.29, 1.82) is 0 Å². The minimum atomic E-state index is -5.07. The van der Waals surface area contributed by atoms with Gasteiger partial charge in [-0.3, -0.25) is 9.35 Å². The van der Waals surface area contributed by atoms with Crippen molar-refractivity contribution in [3.63, 3.8) is 0 Å². The molecule has 0 saturated carbocycles. The summed E-state index contributed by atoms with van der Waals surface area (Å²) in [5.41, 5.74) is 0. The average Bonchev–Trinajstić information content (AvgIpc) is 3.28. The van der Waals surface area contributed by atoms with E-state index in [4.69, 9.17) is 18.9 Å². The monoisotopic (exact) mass is 935 g/mol. The topological polar surface area (TPSA) is 178 Å². The van der Waals surface area contributed by atoms with Crippen LogP contribution in [0.2, 0.25) is 0 Å². The highest BCUT2D eigenvalue weighted by atomic mass is 32.3. The van der Waals surface area contributed by atoms with Gasteiger partial charge in [-0.2, -0.15) is 8.42 Å². The maximum atomic E-state index is 12.9. The van der Waals surface area contributed by atoms with E-state index >= 15 is 0 Å². The Kier molecular flexibility index (Phi) is 39.1. The van der Waals surface area contributed by atoms with Crippen molar-refractivity contribution in [3.8, 4) is 0 Å². The first-order valence-electron chi connectivity index (χ1n) is 24.5. The molecule has 372 valence electrons. The smallest absolute Gasteiger partial charge is 0.397 e. The predicted molar refractivity (Wildman–Crippen MR) is 261 cm³/mol. The molecule has 0 aromatic carbocycles. The first kappa shape index (κ1) is 60.0. The van der Waals surface area contributed by atoms with E-state index in [9.17, 15) is 33.1 Å². The number of aliphatic hydroxyl groups excluding tert-OH is 3. The molecule has 0 aromatic rings. The first-order chi connectivity index (χ1) is 31.6. The van der Waals surface area contributed by atoms with Crippen LogP contribution in [0.15, 0.2) is 97.2 Å². The molecule has 1 fully saturated rings. The Balaban J connectivity index is 2.42. The molecule has 0 aliphatic carbocycles. The number of carbonyl (C=O) groups excluding carboxylic acids is 1. The van der Waals surface area contributed by atoms with Gasteiger partial charge in [0, 0.05) is 13.0 Å². The third-order valence-electron chi connectivity index (χ3n) is 10.4. The van der Waals surface area contributed by atoms with Gasteiger partial charge in [0.15, 0.2) is 6.29 Å². The van der Waals surface area contributed by atoms with Gasteiger partial charge in [-0.25, -0.2) is 4.18 Å². The van der Waals surface area contributed by atoms with E-state index in [1.807, 2.05) is 0 Å². The molecular formula is C52H86O12S. The molecule has 1 saturated heterocycles. The quantitative estimate of drug-likeness (QED) is 0.0198. The Hall–Kier alpha value is -2.98. The standard InChI is InChI=1S/C52H86O12S/c1-3-5-7-9-11-13-15-17-19-20-21-22-23-24-25-26-27-29-31-33-35-37-39-41-48(54)62-46(45-61-52-50(56)51(64-65(57,58)59)49(55)47(43-53)63-52)44-60-42-40-38-36-34-32-30-28-18-16-14-12-10-8-6-4-2/h5,7,10-13,16-19,21-22,24-25,27,29,46-47,49-53,55-56H,3-4,6,8-9,14-15,20,23,26,28,30-45H2,1-2H3,(H,57,58,59)/b7-5-,12-10-,13-11-,18-16-,19-17-,22-21-,25-24-,29-27-. The largest absolute Gasteiger partial charge is 0.457 e. The van der Waals surface area contributed by atoms with Crippen LogP contribution in [0.3, 0.4) is 0 Å². The predicted octanol–water partition coefficient (Wildman–Crippen LogP) is 11.0. The average molecular weight is 935 g/mol. The molecule has 12 nitrogen and oxygen atoms in total. The highest BCUT2D eigenvalue weighted by Gasteiger charge is 2.48. The van der Waals surface area contributed by atoms with E-state index in [2.05, 4.69) is 115 Å². The van der Waals surface area contributed by atoms with Gasteiger partial charge in [-0.15, -0.1) is 0 Å². The third kappa shape index (κ3) is 35.8. The van der Waals surface area contributed by atoms with Crippen molar-refractivity contribution in [2.75, 3.05) is 26.4 Å². The van der Waals surface area contributed by atoms with Crippen LogP contribution in [0.25, 0.3) is 0 Å². The van der Waals surface area contributed by atoms with Gasteiger partial charge in [0.05, 0.1) is 19.8 Å². The fourth-order valence-electron chi connectivity index (χ4n) is 6.75. The summed E-state index contributed by atoms with van der Waals surface area (Å²) in [6.07, 6.45) is 48.6. The zero-order chi connectivity index (χ0) is 47.5. The second-order valence-electron chi connectivity index (χ2n) is 16.3. The Labute approximate surface area is 393 Å². The number of unbranched alkanes of at least 4 members (excludes halogenated alkanes) is 12. The van der Waals surface area contributed by atoms with Crippen LogP contribution in [0.5, 0.6) is 0 Å². The maximum absolute atomic E-state index is 12.9. The maximum Gasteiger partial charge on any atom is 0.397 e. The lowest BCUT2D eigenvalue weighted by molar-refractivity contribution is -0.301. The highest BCUT2D eigenvalue weighted by Crippen LogP contribution is 2.26. The molecule has 4 N–H and O–H groups in total. The Bertz CT molecular complexity index is 1500. The van der Waals surface area contributed by atoms with Gasteiger partial charge in [-0.1, -0.05) is 162 Å². The number of hydrogen-bond donors (Lipinski definition) is 4. The van der Waals surface area contributed by atoms with Gasteiger partial charge >= 0.3 is 16.4 Å². The molecule has 6 atom stereocenters. The molecule has 13 heteroatoms. The molecule has 1 heterocycles. The first-order valence-corrected chi connectivity index (χ1v) is 25.9. The molecule has 1 aliphatic heterocycles. The number of aliphatic hydroxyl groups is 3.